The number of primary amides is 1. The van der Waals surface area contributed by atoms with Crippen LogP contribution in [-0.2, 0) is 19.0 Å². The Kier molecular flexibility index (Phi) is 4.95. The first-order valence-corrected chi connectivity index (χ1v) is 9.69. The number of amides is 1. The summed E-state index contributed by atoms with van der Waals surface area (Å²) in [6.07, 6.45) is 1.23. The molecule has 162 valence electrons. The molecule has 2 aromatic heterocycles. The van der Waals surface area contributed by atoms with E-state index >= 15 is 0 Å². The van der Waals surface area contributed by atoms with Crippen LogP contribution < -0.4 is 11.1 Å². The standard InChI is InChI=1S/C21H21F3N6O/c1-20(2)6-5-15-17(8-20)30(29-18(15)21(22,23)24)13-3-4-14(19(25)31)16(7-13)28-12-9-26-11-27-10-12/h3-4,7,9-11,28H,5-6,8H2,1-2H3,(H2,25,31). The molecule has 3 aromatic rings. The van der Waals surface area contributed by atoms with Crippen molar-refractivity contribution in [2.75, 3.05) is 5.32 Å². The van der Waals surface area contributed by atoms with E-state index in [0.29, 0.717) is 42.0 Å². The molecule has 7 nitrogen and oxygen atoms in total. The Balaban J connectivity index is 1.85. The SMILES string of the molecule is CC1(C)CCc2c(C(F)(F)F)nn(-c3ccc(C(N)=O)c(Nc4cncnc4)c3)c2C1. The number of anilines is 2. The highest BCUT2D eigenvalue weighted by molar-refractivity contribution is 5.99. The Morgan fingerprint density at radius 3 is 2.58 bits per heavy atom. The molecule has 0 saturated carbocycles. The summed E-state index contributed by atoms with van der Waals surface area (Å²) in [6.45, 7) is 4.05. The molecular weight excluding hydrogens is 409 g/mol. The molecule has 0 bridgehead atoms. The first kappa shape index (κ1) is 20.8. The van der Waals surface area contributed by atoms with Gasteiger partial charge in [-0.1, -0.05) is 13.8 Å². The van der Waals surface area contributed by atoms with Crippen LogP contribution in [0.1, 0.15) is 47.6 Å². The third-order valence-corrected chi connectivity index (χ3v) is 5.41. The number of alkyl halides is 3. The molecule has 1 amide bonds. The van der Waals surface area contributed by atoms with Crippen molar-refractivity contribution >= 4 is 17.3 Å². The molecule has 1 aliphatic carbocycles. The number of nitrogens with zero attached hydrogens (tertiary/aromatic N) is 4. The first-order valence-electron chi connectivity index (χ1n) is 9.69. The highest BCUT2D eigenvalue weighted by Gasteiger charge is 2.42. The van der Waals surface area contributed by atoms with Crippen LogP contribution in [0.25, 0.3) is 5.69 Å². The van der Waals surface area contributed by atoms with Gasteiger partial charge < -0.3 is 11.1 Å². The number of halogens is 3. The lowest BCUT2D eigenvalue weighted by Gasteiger charge is -2.30. The fourth-order valence-corrected chi connectivity index (χ4v) is 3.88. The van der Waals surface area contributed by atoms with E-state index in [1.54, 1.807) is 12.1 Å². The van der Waals surface area contributed by atoms with Crippen molar-refractivity contribution in [1.82, 2.24) is 19.7 Å². The molecule has 0 unspecified atom stereocenters. The molecule has 0 radical (unpaired) electrons. The zero-order chi connectivity index (χ0) is 22.4. The van der Waals surface area contributed by atoms with E-state index in [-0.39, 0.29) is 16.5 Å². The number of carbonyl (C=O) groups is 1. The quantitative estimate of drug-likeness (QED) is 0.651. The second-order valence-corrected chi connectivity index (χ2v) is 8.37. The molecule has 0 atom stereocenters. The Labute approximate surface area is 176 Å². The molecule has 10 heteroatoms. The van der Waals surface area contributed by atoms with Crippen molar-refractivity contribution in [3.63, 3.8) is 0 Å². The van der Waals surface area contributed by atoms with Crippen LogP contribution in [0.3, 0.4) is 0 Å². The van der Waals surface area contributed by atoms with Gasteiger partial charge in [0.2, 0.25) is 0 Å². The Bertz CT molecular complexity index is 1140. The lowest BCUT2D eigenvalue weighted by molar-refractivity contribution is -0.142. The minimum Gasteiger partial charge on any atom is -0.366 e. The molecule has 3 N–H and O–H groups in total. The summed E-state index contributed by atoms with van der Waals surface area (Å²) in [5.74, 6) is -0.675. The normalized spacial score (nSPS) is 15.4. The number of hydrogen-bond acceptors (Lipinski definition) is 5. The van der Waals surface area contributed by atoms with Crippen molar-refractivity contribution in [3.05, 3.63) is 59.4 Å². The smallest absolute Gasteiger partial charge is 0.366 e. The number of hydrogen-bond donors (Lipinski definition) is 2. The number of aromatic nitrogens is 4. The maximum Gasteiger partial charge on any atom is 0.435 e. The van der Waals surface area contributed by atoms with Crippen molar-refractivity contribution < 1.29 is 18.0 Å². The fraction of sp³-hybridized carbons (Fsp3) is 0.333. The minimum atomic E-state index is -4.55. The number of benzene rings is 1. The van der Waals surface area contributed by atoms with Gasteiger partial charge in [-0.15, -0.1) is 0 Å². The zero-order valence-corrected chi connectivity index (χ0v) is 17.0. The van der Waals surface area contributed by atoms with Crippen LogP contribution in [0.2, 0.25) is 0 Å². The highest BCUT2D eigenvalue weighted by Crippen LogP contribution is 2.42. The Morgan fingerprint density at radius 1 is 1.23 bits per heavy atom. The lowest BCUT2D eigenvalue weighted by atomic mass is 9.76. The third-order valence-electron chi connectivity index (χ3n) is 5.41. The van der Waals surface area contributed by atoms with Crippen molar-refractivity contribution in [3.8, 4) is 5.69 Å². The van der Waals surface area contributed by atoms with Gasteiger partial charge in [0.05, 0.1) is 35.0 Å². The van der Waals surface area contributed by atoms with Crippen molar-refractivity contribution in [2.45, 2.75) is 39.3 Å². The number of nitrogens with two attached hydrogens (primary N) is 1. The van der Waals surface area contributed by atoms with E-state index in [4.69, 9.17) is 5.73 Å². The maximum absolute atomic E-state index is 13.7. The molecule has 0 fully saturated rings. The molecular formula is C21H21F3N6O. The fourth-order valence-electron chi connectivity index (χ4n) is 3.88. The van der Waals surface area contributed by atoms with E-state index in [1.807, 2.05) is 13.8 Å². The Morgan fingerprint density at radius 2 is 1.94 bits per heavy atom. The largest absolute Gasteiger partial charge is 0.435 e. The van der Waals surface area contributed by atoms with E-state index < -0.39 is 17.8 Å². The topological polar surface area (TPSA) is 98.7 Å². The summed E-state index contributed by atoms with van der Waals surface area (Å²) in [5, 5.41) is 6.95. The van der Waals surface area contributed by atoms with E-state index in [0.717, 1.165) is 0 Å². The molecule has 2 heterocycles. The van der Waals surface area contributed by atoms with Gasteiger partial charge in [-0.05, 0) is 42.9 Å². The van der Waals surface area contributed by atoms with Crippen LogP contribution in [0.4, 0.5) is 24.5 Å². The molecule has 0 spiro atoms. The van der Waals surface area contributed by atoms with Crippen molar-refractivity contribution in [2.24, 2.45) is 11.1 Å². The van der Waals surface area contributed by atoms with Gasteiger partial charge in [-0.2, -0.15) is 18.3 Å². The highest BCUT2D eigenvalue weighted by atomic mass is 19.4. The van der Waals surface area contributed by atoms with Gasteiger partial charge in [0.25, 0.3) is 5.91 Å². The molecule has 0 saturated heterocycles. The van der Waals surface area contributed by atoms with Crippen LogP contribution in [0.15, 0.2) is 36.9 Å². The molecule has 1 aromatic carbocycles. The van der Waals surface area contributed by atoms with E-state index in [1.165, 1.54) is 29.5 Å². The maximum atomic E-state index is 13.7. The summed E-state index contributed by atoms with van der Waals surface area (Å²) >= 11 is 0. The second-order valence-electron chi connectivity index (χ2n) is 8.37. The summed E-state index contributed by atoms with van der Waals surface area (Å²) in [6, 6.07) is 4.57. The van der Waals surface area contributed by atoms with E-state index in [2.05, 4.69) is 20.4 Å². The number of fused-ring (bicyclic) bond motifs is 1. The van der Waals surface area contributed by atoms with Crippen LogP contribution in [0, 0.1) is 5.41 Å². The predicted molar refractivity (Wildman–Crippen MR) is 108 cm³/mol. The molecule has 31 heavy (non-hydrogen) atoms. The average Bonchev–Trinajstić information content (AvgIpc) is 3.06. The van der Waals surface area contributed by atoms with Crippen LogP contribution in [-0.4, -0.2) is 25.7 Å². The van der Waals surface area contributed by atoms with Crippen LogP contribution in [0.5, 0.6) is 0 Å². The second kappa shape index (κ2) is 7.36. The molecule has 0 aliphatic heterocycles. The predicted octanol–water partition coefficient (Wildman–Crippen LogP) is 4.04. The summed E-state index contributed by atoms with van der Waals surface area (Å²) in [5.41, 5.74) is 6.65. The van der Waals surface area contributed by atoms with Gasteiger partial charge in [-0.25, -0.2) is 14.6 Å². The van der Waals surface area contributed by atoms with Gasteiger partial charge in [0.1, 0.15) is 6.33 Å². The van der Waals surface area contributed by atoms with Gasteiger partial charge in [0.15, 0.2) is 5.69 Å². The zero-order valence-electron chi connectivity index (χ0n) is 17.0. The van der Waals surface area contributed by atoms with E-state index in [9.17, 15) is 18.0 Å². The summed E-state index contributed by atoms with van der Waals surface area (Å²) < 4.78 is 42.3. The van der Waals surface area contributed by atoms with Gasteiger partial charge >= 0.3 is 6.18 Å². The van der Waals surface area contributed by atoms with Gasteiger partial charge in [-0.3, -0.25) is 4.79 Å². The number of carbonyl (C=O) groups excluding carboxylic acids is 1. The minimum absolute atomic E-state index is 0.150. The first-order chi connectivity index (χ1) is 14.5. The average molecular weight is 430 g/mol. The van der Waals surface area contributed by atoms with Crippen molar-refractivity contribution in [1.29, 1.82) is 0 Å². The monoisotopic (exact) mass is 430 g/mol. The molecule has 1 aliphatic rings. The lowest BCUT2D eigenvalue weighted by Crippen LogP contribution is -2.24. The third kappa shape index (κ3) is 4.10. The molecule has 4 rings (SSSR count). The summed E-state index contributed by atoms with van der Waals surface area (Å²) in [4.78, 5) is 19.7. The van der Waals surface area contributed by atoms with Gasteiger partial charge in [0, 0.05) is 11.3 Å². The number of rotatable bonds is 4. The summed E-state index contributed by atoms with van der Waals surface area (Å²) in [7, 11) is 0. The van der Waals surface area contributed by atoms with Crippen LogP contribution >= 0.6 is 0 Å². The Hall–Kier alpha value is -3.43. The number of nitrogens with one attached hydrogen (secondary N) is 1.